The van der Waals surface area contributed by atoms with E-state index in [4.69, 9.17) is 10.2 Å². The van der Waals surface area contributed by atoms with E-state index in [-0.39, 0.29) is 5.78 Å². The van der Waals surface area contributed by atoms with Crippen molar-refractivity contribution in [3.63, 3.8) is 0 Å². The molecule has 0 atom stereocenters. The first-order valence-electron chi connectivity index (χ1n) is 4.98. The van der Waals surface area contributed by atoms with Gasteiger partial charge in [-0.2, -0.15) is 0 Å². The van der Waals surface area contributed by atoms with E-state index in [0.29, 0.717) is 18.7 Å². The topological polar surface area (TPSA) is 69.1 Å². The lowest BCUT2D eigenvalue weighted by atomic mass is 10.1. The van der Waals surface area contributed by atoms with E-state index in [9.17, 15) is 4.79 Å². The number of nitrogens with two attached hydrogens (primary N) is 1. The lowest BCUT2D eigenvalue weighted by Crippen LogP contribution is -2.05. The number of rotatable bonds is 5. The van der Waals surface area contributed by atoms with Gasteiger partial charge < -0.3 is 10.2 Å². The SMILES string of the molecule is NCCc1nc(C(=O)Cc2ccoc2)cs1. The van der Waals surface area contributed by atoms with Crippen molar-refractivity contribution in [2.75, 3.05) is 6.54 Å². The summed E-state index contributed by atoms with van der Waals surface area (Å²) in [7, 11) is 0. The van der Waals surface area contributed by atoms with Crippen LogP contribution >= 0.6 is 11.3 Å². The first-order chi connectivity index (χ1) is 7.79. The van der Waals surface area contributed by atoms with Crippen molar-refractivity contribution in [1.29, 1.82) is 0 Å². The Morgan fingerprint density at radius 3 is 3.12 bits per heavy atom. The van der Waals surface area contributed by atoms with Crippen LogP contribution in [0.5, 0.6) is 0 Å². The maximum atomic E-state index is 11.8. The zero-order valence-electron chi connectivity index (χ0n) is 8.68. The number of hydrogen-bond acceptors (Lipinski definition) is 5. The average molecular weight is 236 g/mol. The molecule has 0 saturated carbocycles. The fourth-order valence-corrected chi connectivity index (χ4v) is 2.17. The fourth-order valence-electron chi connectivity index (χ4n) is 1.35. The largest absolute Gasteiger partial charge is 0.472 e. The second-order valence-electron chi connectivity index (χ2n) is 3.40. The van der Waals surface area contributed by atoms with Gasteiger partial charge in [-0.05, 0) is 18.2 Å². The molecule has 84 valence electrons. The van der Waals surface area contributed by atoms with E-state index < -0.39 is 0 Å². The minimum absolute atomic E-state index is 0.0147. The molecule has 2 heterocycles. The highest BCUT2D eigenvalue weighted by molar-refractivity contribution is 7.09. The van der Waals surface area contributed by atoms with Crippen LogP contribution in [0.3, 0.4) is 0 Å². The summed E-state index contributed by atoms with van der Waals surface area (Å²) in [5.74, 6) is 0.0147. The molecule has 0 aliphatic heterocycles. The third-order valence-electron chi connectivity index (χ3n) is 2.14. The molecule has 0 spiro atoms. The highest BCUT2D eigenvalue weighted by Crippen LogP contribution is 2.13. The van der Waals surface area contributed by atoms with Crippen LogP contribution in [-0.4, -0.2) is 17.3 Å². The number of Topliss-reactive ketones (excluding diaryl/α,β-unsaturated/α-hetero) is 1. The maximum Gasteiger partial charge on any atom is 0.186 e. The van der Waals surface area contributed by atoms with Gasteiger partial charge in [0, 0.05) is 18.2 Å². The Bertz CT molecular complexity index is 462. The smallest absolute Gasteiger partial charge is 0.186 e. The zero-order chi connectivity index (χ0) is 11.4. The Morgan fingerprint density at radius 1 is 1.56 bits per heavy atom. The maximum absolute atomic E-state index is 11.8. The third-order valence-corrected chi connectivity index (χ3v) is 3.05. The Balaban J connectivity index is 2.03. The molecule has 16 heavy (non-hydrogen) atoms. The van der Waals surface area contributed by atoms with E-state index >= 15 is 0 Å². The Morgan fingerprint density at radius 2 is 2.44 bits per heavy atom. The third kappa shape index (κ3) is 2.56. The van der Waals surface area contributed by atoms with Gasteiger partial charge in [0.1, 0.15) is 5.69 Å². The summed E-state index contributed by atoms with van der Waals surface area (Å²) in [6, 6.07) is 1.78. The van der Waals surface area contributed by atoms with Crippen LogP contribution in [0.25, 0.3) is 0 Å². The number of aromatic nitrogens is 1. The number of carbonyl (C=O) groups excluding carboxylic acids is 1. The van der Waals surface area contributed by atoms with Crippen molar-refractivity contribution in [3.05, 3.63) is 40.2 Å². The van der Waals surface area contributed by atoms with Crippen molar-refractivity contribution in [2.24, 2.45) is 5.73 Å². The molecule has 2 aromatic heterocycles. The van der Waals surface area contributed by atoms with Gasteiger partial charge in [0.25, 0.3) is 0 Å². The molecule has 0 saturated heterocycles. The Labute approximate surface area is 97.1 Å². The molecule has 0 amide bonds. The van der Waals surface area contributed by atoms with Crippen LogP contribution in [0, 0.1) is 0 Å². The van der Waals surface area contributed by atoms with Crippen molar-refractivity contribution in [2.45, 2.75) is 12.8 Å². The molecule has 5 heteroatoms. The molecule has 0 fully saturated rings. The van der Waals surface area contributed by atoms with Gasteiger partial charge >= 0.3 is 0 Å². The first kappa shape index (κ1) is 11.0. The summed E-state index contributed by atoms with van der Waals surface area (Å²) in [5.41, 5.74) is 6.82. The molecule has 2 N–H and O–H groups in total. The number of hydrogen-bond donors (Lipinski definition) is 1. The van der Waals surface area contributed by atoms with E-state index in [0.717, 1.165) is 17.0 Å². The molecule has 0 radical (unpaired) electrons. The van der Waals surface area contributed by atoms with Crippen molar-refractivity contribution >= 4 is 17.1 Å². The second-order valence-corrected chi connectivity index (χ2v) is 4.34. The summed E-state index contributed by atoms with van der Waals surface area (Å²) in [6.45, 7) is 0.558. The van der Waals surface area contributed by atoms with E-state index in [1.807, 2.05) is 0 Å². The quantitative estimate of drug-likeness (QED) is 0.802. The number of furan rings is 1. The molecular weight excluding hydrogens is 224 g/mol. The molecule has 4 nitrogen and oxygen atoms in total. The van der Waals surface area contributed by atoms with Crippen LogP contribution in [0.1, 0.15) is 21.1 Å². The Kier molecular flexibility index (Phi) is 3.48. The molecule has 0 aliphatic rings. The summed E-state index contributed by atoms with van der Waals surface area (Å²) in [6.07, 6.45) is 4.19. The van der Waals surface area contributed by atoms with Crippen molar-refractivity contribution in [1.82, 2.24) is 4.98 Å². The van der Waals surface area contributed by atoms with Gasteiger partial charge in [-0.25, -0.2) is 4.98 Å². The van der Waals surface area contributed by atoms with Gasteiger partial charge in [-0.1, -0.05) is 0 Å². The summed E-state index contributed by atoms with van der Waals surface area (Å²) >= 11 is 1.48. The van der Waals surface area contributed by atoms with Crippen LogP contribution in [0.2, 0.25) is 0 Å². The van der Waals surface area contributed by atoms with Gasteiger partial charge in [-0.3, -0.25) is 4.79 Å². The second kappa shape index (κ2) is 5.05. The molecule has 0 unspecified atom stereocenters. The monoisotopic (exact) mass is 236 g/mol. The summed E-state index contributed by atoms with van der Waals surface area (Å²) in [5, 5.41) is 2.70. The van der Waals surface area contributed by atoms with Gasteiger partial charge in [0.15, 0.2) is 5.78 Å². The van der Waals surface area contributed by atoms with E-state index in [1.165, 1.54) is 11.3 Å². The highest BCUT2D eigenvalue weighted by atomic mass is 32.1. The molecule has 2 aromatic rings. The van der Waals surface area contributed by atoms with E-state index in [1.54, 1.807) is 24.0 Å². The number of ketones is 1. The van der Waals surface area contributed by atoms with Crippen LogP contribution in [0.15, 0.2) is 28.4 Å². The highest BCUT2D eigenvalue weighted by Gasteiger charge is 2.11. The molecule has 0 aliphatic carbocycles. The van der Waals surface area contributed by atoms with Crippen molar-refractivity contribution < 1.29 is 9.21 Å². The van der Waals surface area contributed by atoms with E-state index in [2.05, 4.69) is 4.98 Å². The zero-order valence-corrected chi connectivity index (χ0v) is 9.50. The average Bonchev–Trinajstić information content (AvgIpc) is 2.89. The van der Waals surface area contributed by atoms with Crippen LogP contribution < -0.4 is 5.73 Å². The standard InChI is InChI=1S/C11H12N2O2S/c12-3-1-11-13-9(7-16-11)10(14)5-8-2-4-15-6-8/h2,4,6-7H,1,3,5,12H2. The minimum atomic E-state index is 0.0147. The van der Waals surface area contributed by atoms with Crippen LogP contribution in [-0.2, 0) is 12.8 Å². The predicted molar refractivity (Wildman–Crippen MR) is 61.6 cm³/mol. The number of carbonyl (C=O) groups is 1. The Hall–Kier alpha value is -1.46. The molecule has 2 rings (SSSR count). The molecular formula is C11H12N2O2S. The van der Waals surface area contributed by atoms with Crippen molar-refractivity contribution in [3.8, 4) is 0 Å². The van der Waals surface area contributed by atoms with Gasteiger partial charge in [0.05, 0.1) is 17.5 Å². The normalized spacial score (nSPS) is 10.6. The van der Waals surface area contributed by atoms with Gasteiger partial charge in [-0.15, -0.1) is 11.3 Å². The van der Waals surface area contributed by atoms with Crippen LogP contribution in [0.4, 0.5) is 0 Å². The van der Waals surface area contributed by atoms with Gasteiger partial charge in [0.2, 0.25) is 0 Å². The first-order valence-corrected chi connectivity index (χ1v) is 5.86. The number of thiazole rings is 1. The summed E-state index contributed by atoms with van der Waals surface area (Å²) in [4.78, 5) is 16.0. The lowest BCUT2D eigenvalue weighted by Gasteiger charge is -1.93. The lowest BCUT2D eigenvalue weighted by molar-refractivity contribution is 0.0988. The summed E-state index contributed by atoms with van der Waals surface area (Å²) < 4.78 is 4.91. The molecule has 0 aromatic carbocycles. The minimum Gasteiger partial charge on any atom is -0.472 e. The number of nitrogens with zero attached hydrogens (tertiary/aromatic N) is 1. The predicted octanol–water partition coefficient (Wildman–Crippen LogP) is 1.66. The molecule has 0 bridgehead atoms. The fraction of sp³-hybridized carbons (Fsp3) is 0.273.